The Balaban J connectivity index is 1.88. The number of ether oxygens (including phenoxy) is 3. The third-order valence-corrected chi connectivity index (χ3v) is 5.36. The van der Waals surface area contributed by atoms with Gasteiger partial charge in [0.1, 0.15) is 11.7 Å². The molecule has 1 aliphatic rings. The molecule has 1 aromatic heterocycles. The van der Waals surface area contributed by atoms with Crippen LogP contribution in [0.4, 0.5) is 10.3 Å². The number of carbonyl (C=O) groups is 1. The summed E-state index contributed by atoms with van der Waals surface area (Å²) in [5, 5.41) is 4.62. The SMILES string of the molecule is COc1cc(-c2nc3n(n2)C(c2ccc(F)cc2)C(C(N)=O)C(C)=N3)cc(OC)c1OC. The van der Waals surface area contributed by atoms with Crippen LogP contribution in [-0.2, 0) is 4.79 Å². The van der Waals surface area contributed by atoms with Crippen molar-refractivity contribution < 1.29 is 23.4 Å². The number of halogens is 1. The number of carbonyl (C=O) groups excluding carboxylic acids is 1. The second-order valence-electron chi connectivity index (χ2n) is 7.22. The molecule has 0 saturated heterocycles. The molecule has 1 aliphatic heterocycles. The van der Waals surface area contributed by atoms with Gasteiger partial charge in [0, 0.05) is 11.3 Å². The van der Waals surface area contributed by atoms with Gasteiger partial charge in [-0.3, -0.25) is 4.79 Å². The lowest BCUT2D eigenvalue weighted by atomic mass is 9.88. The minimum absolute atomic E-state index is 0.304. The van der Waals surface area contributed by atoms with E-state index in [1.54, 1.807) is 31.2 Å². The van der Waals surface area contributed by atoms with Gasteiger partial charge in [-0.2, -0.15) is 4.98 Å². The molecule has 1 amide bonds. The summed E-state index contributed by atoms with van der Waals surface area (Å²) in [5.41, 5.74) is 7.46. The fourth-order valence-electron chi connectivity index (χ4n) is 3.86. The van der Waals surface area contributed by atoms with Gasteiger partial charge in [0.25, 0.3) is 0 Å². The normalized spacial score (nSPS) is 17.3. The van der Waals surface area contributed by atoms with Crippen molar-refractivity contribution in [1.29, 1.82) is 0 Å². The molecule has 10 heteroatoms. The van der Waals surface area contributed by atoms with Crippen LogP contribution in [0.2, 0.25) is 0 Å². The highest BCUT2D eigenvalue weighted by Gasteiger charge is 2.38. The lowest BCUT2D eigenvalue weighted by Gasteiger charge is -2.29. The summed E-state index contributed by atoms with van der Waals surface area (Å²) in [6.07, 6.45) is 0. The van der Waals surface area contributed by atoms with Crippen molar-refractivity contribution in [2.24, 2.45) is 16.6 Å². The molecule has 4 rings (SSSR count). The molecule has 32 heavy (non-hydrogen) atoms. The molecule has 0 radical (unpaired) electrons. The topological polar surface area (TPSA) is 114 Å². The Hall–Kier alpha value is -3.95. The van der Waals surface area contributed by atoms with Gasteiger partial charge < -0.3 is 19.9 Å². The average molecular weight is 439 g/mol. The van der Waals surface area contributed by atoms with Crippen LogP contribution in [0.3, 0.4) is 0 Å². The lowest BCUT2D eigenvalue weighted by Crippen LogP contribution is -2.39. The summed E-state index contributed by atoms with van der Waals surface area (Å²) in [4.78, 5) is 21.3. The molecule has 3 aromatic rings. The summed E-state index contributed by atoms with van der Waals surface area (Å²) in [6, 6.07) is 8.66. The maximum atomic E-state index is 13.5. The Bertz CT molecular complexity index is 1180. The molecule has 0 spiro atoms. The first-order valence-electron chi connectivity index (χ1n) is 9.74. The lowest BCUT2D eigenvalue weighted by molar-refractivity contribution is -0.120. The maximum absolute atomic E-state index is 13.5. The molecule has 2 atom stereocenters. The van der Waals surface area contributed by atoms with Crippen LogP contribution in [0.15, 0.2) is 41.4 Å². The van der Waals surface area contributed by atoms with Crippen LogP contribution >= 0.6 is 0 Å². The number of aliphatic imine (C=N–C) groups is 1. The molecule has 0 aliphatic carbocycles. The highest BCUT2D eigenvalue weighted by molar-refractivity contribution is 6.04. The number of hydrogen-bond acceptors (Lipinski definition) is 7. The first kappa shape index (κ1) is 21.3. The van der Waals surface area contributed by atoms with Crippen molar-refractivity contribution in [3.63, 3.8) is 0 Å². The zero-order valence-electron chi connectivity index (χ0n) is 18.0. The van der Waals surface area contributed by atoms with Crippen molar-refractivity contribution in [2.75, 3.05) is 21.3 Å². The van der Waals surface area contributed by atoms with Gasteiger partial charge in [-0.1, -0.05) is 12.1 Å². The molecule has 2 unspecified atom stereocenters. The summed E-state index contributed by atoms with van der Waals surface area (Å²) in [6.45, 7) is 1.71. The molecule has 2 N–H and O–H groups in total. The van der Waals surface area contributed by atoms with E-state index in [2.05, 4.69) is 15.1 Å². The Labute approximate surface area is 183 Å². The highest BCUT2D eigenvalue weighted by atomic mass is 19.1. The maximum Gasteiger partial charge on any atom is 0.248 e. The minimum atomic E-state index is -0.762. The van der Waals surface area contributed by atoms with E-state index in [1.165, 1.54) is 38.1 Å². The van der Waals surface area contributed by atoms with Gasteiger partial charge in [0.05, 0.1) is 27.4 Å². The second kappa shape index (κ2) is 8.29. The molecule has 0 bridgehead atoms. The number of nitrogens with two attached hydrogens (primary N) is 1. The summed E-state index contributed by atoms with van der Waals surface area (Å²) >= 11 is 0. The smallest absolute Gasteiger partial charge is 0.248 e. The second-order valence-corrected chi connectivity index (χ2v) is 7.22. The predicted molar refractivity (Wildman–Crippen MR) is 115 cm³/mol. The Morgan fingerprint density at radius 1 is 1.06 bits per heavy atom. The number of methoxy groups -OCH3 is 3. The van der Waals surface area contributed by atoms with E-state index < -0.39 is 17.9 Å². The Morgan fingerprint density at radius 2 is 1.69 bits per heavy atom. The third-order valence-electron chi connectivity index (χ3n) is 5.36. The fraction of sp³-hybridized carbons (Fsp3) is 0.273. The van der Waals surface area contributed by atoms with Crippen LogP contribution in [0.1, 0.15) is 18.5 Å². The van der Waals surface area contributed by atoms with E-state index in [0.29, 0.717) is 45.9 Å². The Morgan fingerprint density at radius 3 is 2.22 bits per heavy atom. The largest absolute Gasteiger partial charge is 0.493 e. The number of rotatable bonds is 6. The van der Waals surface area contributed by atoms with Gasteiger partial charge >= 0.3 is 0 Å². The molecule has 0 saturated carbocycles. The number of hydrogen-bond donors (Lipinski definition) is 1. The number of amides is 1. The standard InChI is InChI=1S/C22H22FN5O4/c1-11-17(20(24)29)18(12-5-7-14(23)8-6-12)28-22(25-11)26-21(27-28)13-9-15(30-2)19(32-4)16(10-13)31-3/h5-10,17-18H,1-4H3,(H2,24,29). The van der Waals surface area contributed by atoms with Crippen molar-refractivity contribution in [3.05, 3.63) is 47.8 Å². The van der Waals surface area contributed by atoms with Gasteiger partial charge in [0.15, 0.2) is 17.3 Å². The van der Waals surface area contributed by atoms with E-state index in [4.69, 9.17) is 19.9 Å². The van der Waals surface area contributed by atoms with E-state index in [9.17, 15) is 9.18 Å². The molecular weight excluding hydrogens is 417 g/mol. The number of aromatic nitrogens is 3. The van der Waals surface area contributed by atoms with Crippen molar-refractivity contribution in [3.8, 4) is 28.6 Å². The van der Waals surface area contributed by atoms with Gasteiger partial charge in [-0.05, 0) is 36.8 Å². The van der Waals surface area contributed by atoms with E-state index in [0.717, 1.165) is 0 Å². The van der Waals surface area contributed by atoms with Gasteiger partial charge in [-0.15, -0.1) is 5.10 Å². The van der Waals surface area contributed by atoms with E-state index in [-0.39, 0.29) is 5.82 Å². The third kappa shape index (κ3) is 3.53. The van der Waals surface area contributed by atoms with Crippen LogP contribution < -0.4 is 19.9 Å². The summed E-state index contributed by atoms with van der Waals surface area (Å²) < 4.78 is 31.3. The number of primary amides is 1. The molecule has 2 heterocycles. The molecule has 166 valence electrons. The van der Waals surface area contributed by atoms with Gasteiger partial charge in [0.2, 0.25) is 17.6 Å². The summed E-state index contributed by atoms with van der Waals surface area (Å²) in [5.74, 6) is 0.264. The fourth-order valence-corrected chi connectivity index (χ4v) is 3.86. The zero-order chi connectivity index (χ0) is 23.0. The predicted octanol–water partition coefficient (Wildman–Crippen LogP) is 2.91. The van der Waals surface area contributed by atoms with Crippen molar-refractivity contribution >= 4 is 17.6 Å². The first-order chi connectivity index (χ1) is 15.4. The van der Waals surface area contributed by atoms with E-state index in [1.807, 2.05) is 0 Å². The molecular formula is C22H22FN5O4. The number of fused-ring (bicyclic) bond motifs is 1. The van der Waals surface area contributed by atoms with Crippen LogP contribution in [0.5, 0.6) is 17.2 Å². The number of benzene rings is 2. The average Bonchev–Trinajstić information content (AvgIpc) is 3.21. The molecule has 9 nitrogen and oxygen atoms in total. The summed E-state index contributed by atoms with van der Waals surface area (Å²) in [7, 11) is 4.55. The zero-order valence-corrected chi connectivity index (χ0v) is 18.0. The Kier molecular flexibility index (Phi) is 5.52. The van der Waals surface area contributed by atoms with Crippen LogP contribution in [-0.4, -0.2) is 47.7 Å². The van der Waals surface area contributed by atoms with Crippen molar-refractivity contribution in [1.82, 2.24) is 14.8 Å². The minimum Gasteiger partial charge on any atom is -0.493 e. The number of nitrogens with zero attached hydrogens (tertiary/aromatic N) is 4. The molecule has 2 aromatic carbocycles. The molecule has 0 fully saturated rings. The monoisotopic (exact) mass is 439 g/mol. The van der Waals surface area contributed by atoms with Gasteiger partial charge in [-0.25, -0.2) is 14.1 Å². The van der Waals surface area contributed by atoms with Crippen LogP contribution in [0.25, 0.3) is 11.4 Å². The first-order valence-corrected chi connectivity index (χ1v) is 9.74. The quantitative estimate of drug-likeness (QED) is 0.632. The van der Waals surface area contributed by atoms with Crippen molar-refractivity contribution in [2.45, 2.75) is 13.0 Å². The van der Waals surface area contributed by atoms with Crippen LogP contribution in [0, 0.1) is 11.7 Å². The highest BCUT2D eigenvalue weighted by Crippen LogP contribution is 2.42. The van der Waals surface area contributed by atoms with E-state index >= 15 is 0 Å².